The van der Waals surface area contributed by atoms with Crippen LogP contribution in [0.4, 0.5) is 0 Å². The van der Waals surface area contributed by atoms with Gasteiger partial charge in [-0.25, -0.2) is 9.59 Å². The van der Waals surface area contributed by atoms with Crippen LogP contribution in [0.5, 0.6) is 11.5 Å². The largest absolute Gasteiger partial charge is 0.478 e. The minimum atomic E-state index is -1.00. The van der Waals surface area contributed by atoms with E-state index in [1.807, 2.05) is 38.1 Å². The molecule has 0 saturated carbocycles. The predicted molar refractivity (Wildman–Crippen MR) is 176 cm³/mol. The molecule has 0 aromatic heterocycles. The number of nitrogens with zero attached hydrogens (tertiary/aromatic N) is 2. The summed E-state index contributed by atoms with van der Waals surface area (Å²) in [6.45, 7) is 3.98. The van der Waals surface area contributed by atoms with Gasteiger partial charge in [0.1, 0.15) is 0 Å². The second-order valence-corrected chi connectivity index (χ2v) is 12.0. The molecule has 4 aromatic rings. The summed E-state index contributed by atoms with van der Waals surface area (Å²) in [7, 11) is 0. The topological polar surface area (TPSA) is 118 Å². The van der Waals surface area contributed by atoms with Gasteiger partial charge in [-0.2, -0.15) is 0 Å². The molecule has 0 aliphatic rings. The van der Waals surface area contributed by atoms with E-state index >= 15 is 0 Å². The van der Waals surface area contributed by atoms with Crippen molar-refractivity contribution in [3.05, 3.63) is 124 Å². The fourth-order valence-electron chi connectivity index (χ4n) is 3.12. The van der Waals surface area contributed by atoms with Crippen molar-refractivity contribution in [2.75, 3.05) is 0 Å². The number of hydrogen-bond acceptors (Lipinski definition) is 6. The van der Waals surface area contributed by atoms with Gasteiger partial charge in [0.15, 0.2) is 11.5 Å². The van der Waals surface area contributed by atoms with Crippen molar-refractivity contribution >= 4 is 88.1 Å². The molecule has 0 bridgehead atoms. The van der Waals surface area contributed by atoms with E-state index < -0.39 is 11.9 Å². The summed E-state index contributed by atoms with van der Waals surface area (Å²) in [4.78, 5) is 32.0. The molecule has 216 valence electrons. The maximum Gasteiger partial charge on any atom is 0.335 e. The Kier molecular flexibility index (Phi) is 12.5. The van der Waals surface area contributed by atoms with Gasteiger partial charge in [0.2, 0.25) is 0 Å². The van der Waals surface area contributed by atoms with Crippen LogP contribution in [-0.4, -0.2) is 34.6 Å². The van der Waals surface area contributed by atoms with E-state index in [0.29, 0.717) is 11.5 Å². The minimum Gasteiger partial charge on any atom is -0.478 e. The Bertz CT molecular complexity index is 1610. The van der Waals surface area contributed by atoms with Gasteiger partial charge in [0, 0.05) is 17.9 Å². The number of benzene rings is 4. The van der Waals surface area contributed by atoms with Crippen molar-refractivity contribution in [2.45, 2.75) is 13.8 Å². The molecule has 0 unspecified atom stereocenters. The van der Waals surface area contributed by atoms with Crippen molar-refractivity contribution in [2.24, 2.45) is 10.3 Å². The van der Waals surface area contributed by atoms with Gasteiger partial charge in [0.25, 0.3) is 0 Å². The highest BCUT2D eigenvalue weighted by Crippen LogP contribution is 2.27. The zero-order chi connectivity index (χ0) is 30.8. The lowest BCUT2D eigenvalue weighted by atomic mass is 10.2. The summed E-state index contributed by atoms with van der Waals surface area (Å²) < 4.78 is 3.88. The Morgan fingerprint density at radius 3 is 1.48 bits per heavy atom. The Balaban J connectivity index is 0.000000230. The summed E-state index contributed by atoms with van der Waals surface area (Å²) in [5.74, 6) is -1.13. The molecule has 0 aliphatic carbocycles. The first-order valence-electron chi connectivity index (χ1n) is 11.9. The van der Waals surface area contributed by atoms with E-state index in [1.54, 1.807) is 36.7 Å². The third kappa shape index (κ3) is 9.90. The fraction of sp³-hybridized carbons (Fsp3) is 0.0667. The average molecular weight is 826 g/mol. The number of carboxylic acid groups (broad SMARTS) is 2. The summed E-state index contributed by atoms with van der Waals surface area (Å²) in [5.41, 5.74) is 4.30. The number of carbonyl (C=O) groups is 2. The zero-order valence-corrected chi connectivity index (χ0v) is 28.4. The SMILES string of the molecule is Cc1c(Br)cc(/C=N\Oc2ccc(C(=O)O)cc2)cc1Br.Cc1c(Br)cc(/C=N\Oc2cccc(C(=O)O)c2)cc1Br. The molecule has 0 fully saturated rings. The first-order valence-corrected chi connectivity index (χ1v) is 15.1. The maximum atomic E-state index is 10.9. The Morgan fingerprint density at radius 1 is 0.619 bits per heavy atom. The van der Waals surface area contributed by atoms with Gasteiger partial charge >= 0.3 is 11.9 Å². The van der Waals surface area contributed by atoms with Crippen LogP contribution < -0.4 is 9.68 Å². The molecule has 0 amide bonds. The van der Waals surface area contributed by atoms with Gasteiger partial charge in [0.05, 0.1) is 23.6 Å². The van der Waals surface area contributed by atoms with Crippen LogP contribution in [0.2, 0.25) is 0 Å². The second kappa shape index (κ2) is 15.8. The van der Waals surface area contributed by atoms with Crippen LogP contribution >= 0.6 is 63.7 Å². The number of halogens is 4. The van der Waals surface area contributed by atoms with E-state index in [1.165, 1.54) is 24.3 Å². The fourth-order valence-corrected chi connectivity index (χ4v) is 5.56. The molecule has 4 aromatic carbocycles. The third-order valence-corrected chi connectivity index (χ3v) is 8.80. The standard InChI is InChI=1S/2C15H11Br2NO3/c1-9-13(16)6-10(7-14(9)17)8-18-21-12-4-2-11(3-5-12)15(19)20;1-9-13(16)5-10(6-14(9)17)8-18-21-12-4-2-3-11(7-12)15(19)20/h2*2-8H,1H3,(H,19,20)/b2*18-8-. The molecule has 4 rings (SSSR count). The monoisotopic (exact) mass is 822 g/mol. The summed E-state index contributed by atoms with van der Waals surface area (Å²) in [5, 5.41) is 25.4. The zero-order valence-electron chi connectivity index (χ0n) is 22.0. The summed E-state index contributed by atoms with van der Waals surface area (Å²) >= 11 is 13.9. The number of carboxylic acids is 2. The average Bonchev–Trinajstić information content (AvgIpc) is 2.95. The van der Waals surface area contributed by atoms with Gasteiger partial charge in [-0.15, -0.1) is 0 Å². The van der Waals surface area contributed by atoms with Crippen LogP contribution in [0.15, 0.2) is 101 Å². The van der Waals surface area contributed by atoms with E-state index in [9.17, 15) is 9.59 Å². The first kappa shape index (κ1) is 33.2. The second-order valence-electron chi connectivity index (χ2n) is 8.53. The lowest BCUT2D eigenvalue weighted by Gasteiger charge is -2.03. The first-order chi connectivity index (χ1) is 19.9. The van der Waals surface area contributed by atoms with E-state index in [0.717, 1.165) is 40.1 Å². The highest BCUT2D eigenvalue weighted by Gasteiger charge is 2.05. The molecule has 0 spiro atoms. The summed E-state index contributed by atoms with van der Waals surface area (Å²) in [6.07, 6.45) is 3.14. The van der Waals surface area contributed by atoms with Crippen molar-refractivity contribution < 1.29 is 29.5 Å². The van der Waals surface area contributed by atoms with Crippen molar-refractivity contribution in [1.29, 1.82) is 0 Å². The Labute approximate surface area is 275 Å². The highest BCUT2D eigenvalue weighted by molar-refractivity contribution is 9.11. The molecule has 42 heavy (non-hydrogen) atoms. The highest BCUT2D eigenvalue weighted by atomic mass is 79.9. The quantitative estimate of drug-likeness (QED) is 0.135. The van der Waals surface area contributed by atoms with E-state index in [-0.39, 0.29) is 11.1 Å². The predicted octanol–water partition coefficient (Wildman–Crippen LogP) is 9.26. The Hall–Kier alpha value is -3.32. The van der Waals surface area contributed by atoms with Gasteiger partial charge in [-0.3, -0.25) is 0 Å². The van der Waals surface area contributed by atoms with Crippen LogP contribution in [0, 0.1) is 13.8 Å². The van der Waals surface area contributed by atoms with E-state index in [4.69, 9.17) is 19.9 Å². The molecule has 0 atom stereocenters. The number of oxime groups is 2. The van der Waals surface area contributed by atoms with Gasteiger partial charge < -0.3 is 19.9 Å². The van der Waals surface area contributed by atoms with Crippen LogP contribution in [0.25, 0.3) is 0 Å². The molecule has 2 N–H and O–H groups in total. The van der Waals surface area contributed by atoms with Crippen LogP contribution in [0.3, 0.4) is 0 Å². The van der Waals surface area contributed by atoms with Gasteiger partial charge in [-0.1, -0.05) is 80.1 Å². The molecule has 0 radical (unpaired) electrons. The number of aromatic carboxylic acids is 2. The van der Waals surface area contributed by atoms with Crippen LogP contribution in [0.1, 0.15) is 43.0 Å². The van der Waals surface area contributed by atoms with Crippen molar-refractivity contribution in [3.63, 3.8) is 0 Å². The number of hydrogen-bond donors (Lipinski definition) is 2. The lowest BCUT2D eigenvalue weighted by molar-refractivity contribution is 0.0686. The smallest absolute Gasteiger partial charge is 0.335 e. The van der Waals surface area contributed by atoms with Crippen molar-refractivity contribution in [3.8, 4) is 11.5 Å². The van der Waals surface area contributed by atoms with Crippen molar-refractivity contribution in [1.82, 2.24) is 0 Å². The molecular formula is C30H22Br4N2O6. The minimum absolute atomic E-state index is 0.156. The number of rotatable bonds is 8. The normalized spacial score (nSPS) is 10.8. The molecule has 0 saturated heterocycles. The van der Waals surface area contributed by atoms with E-state index in [2.05, 4.69) is 74.0 Å². The van der Waals surface area contributed by atoms with Crippen LogP contribution in [-0.2, 0) is 0 Å². The third-order valence-electron chi connectivity index (χ3n) is 5.51. The Morgan fingerprint density at radius 2 is 1.05 bits per heavy atom. The molecule has 0 aliphatic heterocycles. The maximum absolute atomic E-state index is 10.9. The lowest BCUT2D eigenvalue weighted by Crippen LogP contribution is -1.96. The van der Waals surface area contributed by atoms with Gasteiger partial charge in [-0.05, 0) is 103 Å². The molecule has 0 heterocycles. The molecule has 12 heteroatoms. The summed E-state index contributed by atoms with van der Waals surface area (Å²) in [6, 6.07) is 19.9. The molecular weight excluding hydrogens is 804 g/mol. The molecule has 8 nitrogen and oxygen atoms in total.